The molecule has 0 radical (unpaired) electrons. The Morgan fingerprint density at radius 3 is 2.09 bits per heavy atom. The van der Waals surface area contributed by atoms with Gasteiger partial charge in [-0.05, 0) is 41.8 Å². The molecule has 10 heteroatoms. The van der Waals surface area contributed by atoms with Gasteiger partial charge in [0.05, 0.1) is 17.7 Å². The first-order valence-corrected chi connectivity index (χ1v) is 12.2. The molecule has 0 aromatic heterocycles. The van der Waals surface area contributed by atoms with Gasteiger partial charge in [0.15, 0.2) is 0 Å². The van der Waals surface area contributed by atoms with E-state index < -0.39 is 40.0 Å². The first-order valence-electron chi connectivity index (χ1n) is 10.8. The molecule has 0 saturated carbocycles. The van der Waals surface area contributed by atoms with Gasteiger partial charge in [-0.1, -0.05) is 45.0 Å². The zero-order valence-electron chi connectivity index (χ0n) is 19.8. The highest BCUT2D eigenvalue weighted by atomic mass is 32.2. The number of methoxy groups -OCH3 is 1. The standard InChI is InChI=1S/C25H28N2O7S/c1-25(2,3)23(24(30)31)26-20-13-14-21(19-8-6-5-7-18(19)20)27(15-22(28)29)35(32,33)17-11-9-16(34-4)10-12-17/h5-14,23,26H,15H2,1-4H3,(H,28,29)(H,30,31)/t23-/m1/s1. The Labute approximate surface area is 204 Å². The molecule has 0 aliphatic rings. The smallest absolute Gasteiger partial charge is 0.326 e. The maximum Gasteiger partial charge on any atom is 0.326 e. The number of nitrogens with one attached hydrogen (secondary N) is 1. The highest BCUT2D eigenvalue weighted by molar-refractivity contribution is 7.92. The fourth-order valence-electron chi connectivity index (χ4n) is 3.73. The van der Waals surface area contributed by atoms with E-state index in [9.17, 15) is 28.2 Å². The van der Waals surface area contributed by atoms with Gasteiger partial charge in [0.1, 0.15) is 18.3 Å². The highest BCUT2D eigenvalue weighted by Gasteiger charge is 2.32. The molecule has 9 nitrogen and oxygen atoms in total. The number of hydrogen-bond donors (Lipinski definition) is 3. The first-order chi connectivity index (χ1) is 16.4. The second-order valence-corrected chi connectivity index (χ2v) is 10.9. The summed E-state index contributed by atoms with van der Waals surface area (Å²) < 4.78 is 33.0. The molecule has 0 aliphatic heterocycles. The van der Waals surface area contributed by atoms with Crippen molar-refractivity contribution in [3.8, 4) is 5.75 Å². The van der Waals surface area contributed by atoms with Gasteiger partial charge in [0.25, 0.3) is 10.0 Å². The molecule has 0 bridgehead atoms. The summed E-state index contributed by atoms with van der Waals surface area (Å²) in [6.45, 7) is 4.59. The van der Waals surface area contributed by atoms with Crippen LogP contribution in [0.5, 0.6) is 5.75 Å². The van der Waals surface area contributed by atoms with Crippen molar-refractivity contribution >= 4 is 44.1 Å². The van der Waals surface area contributed by atoms with E-state index in [2.05, 4.69) is 5.32 Å². The van der Waals surface area contributed by atoms with Crippen LogP contribution in [0, 0.1) is 5.41 Å². The predicted octanol–water partition coefficient (Wildman–Crippen LogP) is 4.04. The maximum atomic E-state index is 13.5. The van der Waals surface area contributed by atoms with Gasteiger partial charge in [-0.3, -0.25) is 9.10 Å². The van der Waals surface area contributed by atoms with E-state index in [1.165, 1.54) is 37.4 Å². The summed E-state index contributed by atoms with van der Waals surface area (Å²) in [5, 5.41) is 23.3. The van der Waals surface area contributed by atoms with E-state index in [4.69, 9.17) is 4.74 Å². The molecule has 0 spiro atoms. The number of carboxylic acids is 2. The lowest BCUT2D eigenvalue weighted by Crippen LogP contribution is -2.41. The van der Waals surface area contributed by atoms with Gasteiger partial charge in [-0.15, -0.1) is 0 Å². The number of hydrogen-bond acceptors (Lipinski definition) is 6. The van der Waals surface area contributed by atoms with Crippen molar-refractivity contribution in [2.24, 2.45) is 5.41 Å². The lowest BCUT2D eigenvalue weighted by molar-refractivity contribution is -0.140. The van der Waals surface area contributed by atoms with Crippen molar-refractivity contribution in [3.63, 3.8) is 0 Å². The zero-order valence-corrected chi connectivity index (χ0v) is 20.7. The van der Waals surface area contributed by atoms with Crippen molar-refractivity contribution in [3.05, 3.63) is 60.7 Å². The van der Waals surface area contributed by atoms with Crippen LogP contribution in [0.25, 0.3) is 10.8 Å². The first kappa shape index (κ1) is 25.8. The average molecular weight is 501 g/mol. The minimum atomic E-state index is -4.26. The molecule has 3 aromatic rings. The summed E-state index contributed by atoms with van der Waals surface area (Å²) >= 11 is 0. The number of nitrogens with zero attached hydrogens (tertiary/aromatic N) is 1. The molecule has 0 aliphatic carbocycles. The Kier molecular flexibility index (Phi) is 7.25. The SMILES string of the molecule is COc1ccc(S(=O)(=O)N(CC(=O)O)c2ccc(N[C@H](C(=O)O)C(C)(C)C)c3ccccc23)cc1. The van der Waals surface area contributed by atoms with E-state index in [0.29, 0.717) is 22.2 Å². The summed E-state index contributed by atoms with van der Waals surface area (Å²) in [7, 11) is -2.80. The second-order valence-electron chi connectivity index (χ2n) is 9.04. The third-order valence-corrected chi connectivity index (χ3v) is 7.28. The van der Waals surface area contributed by atoms with Crippen LogP contribution in [-0.2, 0) is 19.6 Å². The number of carboxylic acid groups (broad SMARTS) is 2. The third-order valence-electron chi connectivity index (χ3n) is 5.51. The van der Waals surface area contributed by atoms with Gasteiger partial charge in [-0.2, -0.15) is 0 Å². The molecular formula is C25H28N2O7S. The van der Waals surface area contributed by atoms with Crippen molar-refractivity contribution < 1.29 is 33.0 Å². The normalized spacial score (nSPS) is 12.7. The van der Waals surface area contributed by atoms with Crippen LogP contribution in [-0.4, -0.2) is 50.3 Å². The molecule has 35 heavy (non-hydrogen) atoms. The van der Waals surface area contributed by atoms with Gasteiger partial charge >= 0.3 is 11.9 Å². The quantitative estimate of drug-likeness (QED) is 0.401. The number of sulfonamides is 1. The topological polar surface area (TPSA) is 133 Å². The summed E-state index contributed by atoms with van der Waals surface area (Å²) in [5.41, 5.74) is 0.0364. The summed E-state index contributed by atoms with van der Waals surface area (Å²) in [4.78, 5) is 23.5. The molecule has 0 amide bonds. The van der Waals surface area contributed by atoms with Crippen molar-refractivity contribution in [2.45, 2.75) is 31.7 Å². The second kappa shape index (κ2) is 9.83. The molecule has 0 fully saturated rings. The number of carbonyl (C=O) groups is 2. The van der Waals surface area contributed by atoms with Crippen LogP contribution in [0.1, 0.15) is 20.8 Å². The molecule has 0 saturated heterocycles. The molecule has 0 heterocycles. The number of benzene rings is 3. The number of fused-ring (bicyclic) bond motifs is 1. The molecule has 3 aromatic carbocycles. The van der Waals surface area contributed by atoms with E-state index in [1.807, 2.05) is 0 Å². The van der Waals surface area contributed by atoms with E-state index in [1.54, 1.807) is 51.1 Å². The summed E-state index contributed by atoms with van der Waals surface area (Å²) in [6, 6.07) is 14.6. The molecule has 3 N–H and O–H groups in total. The molecule has 1 atom stereocenters. The van der Waals surface area contributed by atoms with Crippen molar-refractivity contribution in [1.29, 1.82) is 0 Å². The van der Waals surface area contributed by atoms with Crippen LogP contribution < -0.4 is 14.4 Å². The Morgan fingerprint density at radius 2 is 1.57 bits per heavy atom. The fraction of sp³-hybridized carbons (Fsp3) is 0.280. The third kappa shape index (κ3) is 5.48. The lowest BCUT2D eigenvalue weighted by atomic mass is 9.86. The lowest BCUT2D eigenvalue weighted by Gasteiger charge is -2.30. The number of aliphatic carboxylic acids is 2. The predicted molar refractivity (Wildman–Crippen MR) is 134 cm³/mol. The molecule has 186 valence electrons. The number of anilines is 2. The fourth-order valence-corrected chi connectivity index (χ4v) is 5.16. The number of rotatable bonds is 9. The highest BCUT2D eigenvalue weighted by Crippen LogP contribution is 2.36. The van der Waals surface area contributed by atoms with Gasteiger partial charge in [-0.25, -0.2) is 13.2 Å². The minimum absolute atomic E-state index is 0.0930. The Hall–Kier alpha value is -3.79. The Balaban J connectivity index is 2.17. The Morgan fingerprint density at radius 1 is 0.971 bits per heavy atom. The summed E-state index contributed by atoms with van der Waals surface area (Å²) in [5.74, 6) is -1.89. The average Bonchev–Trinajstić information content (AvgIpc) is 2.80. The van der Waals surface area contributed by atoms with E-state index in [-0.39, 0.29) is 10.6 Å². The minimum Gasteiger partial charge on any atom is -0.497 e. The Bertz CT molecular complexity index is 1350. The van der Waals surface area contributed by atoms with Gasteiger partial charge in [0, 0.05) is 16.5 Å². The van der Waals surface area contributed by atoms with Gasteiger partial charge in [0.2, 0.25) is 0 Å². The van der Waals surface area contributed by atoms with Crippen LogP contribution in [0.4, 0.5) is 11.4 Å². The van der Waals surface area contributed by atoms with E-state index in [0.717, 1.165) is 4.31 Å². The van der Waals surface area contributed by atoms with Crippen LogP contribution >= 0.6 is 0 Å². The van der Waals surface area contributed by atoms with Gasteiger partial charge < -0.3 is 20.3 Å². The van der Waals surface area contributed by atoms with Crippen LogP contribution in [0.3, 0.4) is 0 Å². The van der Waals surface area contributed by atoms with Crippen molar-refractivity contribution in [2.75, 3.05) is 23.3 Å². The summed E-state index contributed by atoms with van der Waals surface area (Å²) in [6.07, 6.45) is 0. The maximum absolute atomic E-state index is 13.5. The van der Waals surface area contributed by atoms with E-state index >= 15 is 0 Å². The van der Waals surface area contributed by atoms with Crippen molar-refractivity contribution in [1.82, 2.24) is 0 Å². The molecule has 0 unspecified atom stereocenters. The monoisotopic (exact) mass is 500 g/mol. The molecular weight excluding hydrogens is 472 g/mol. The zero-order chi connectivity index (χ0) is 26.0. The van der Waals surface area contributed by atoms with Crippen LogP contribution in [0.2, 0.25) is 0 Å². The largest absolute Gasteiger partial charge is 0.497 e. The van der Waals surface area contributed by atoms with Crippen LogP contribution in [0.15, 0.2) is 65.6 Å². The molecule has 3 rings (SSSR count). The number of ether oxygens (including phenoxy) is 1.